The van der Waals surface area contributed by atoms with Crippen molar-refractivity contribution in [3.63, 3.8) is 0 Å². The fraction of sp³-hybridized carbons (Fsp3) is 0.947. The molecule has 42 heavy (non-hydrogen) atoms. The van der Waals surface area contributed by atoms with Crippen LogP contribution >= 0.6 is 0 Å². The third kappa shape index (κ3) is 29.0. The van der Waals surface area contributed by atoms with E-state index < -0.39 is 0 Å². The van der Waals surface area contributed by atoms with E-state index in [9.17, 15) is 9.59 Å². The molecule has 1 unspecified atom stereocenters. The Bertz CT molecular complexity index is 579. The number of carbonyl (C=O) groups is 2. The Morgan fingerprint density at radius 3 is 1.26 bits per heavy atom. The molecule has 0 saturated heterocycles. The van der Waals surface area contributed by atoms with E-state index >= 15 is 0 Å². The normalized spacial score (nSPS) is 12.0. The molecule has 0 fully saturated rings. The van der Waals surface area contributed by atoms with Gasteiger partial charge in [0.1, 0.15) is 0 Å². The smallest absolute Gasteiger partial charge is 0.307 e. The van der Waals surface area contributed by atoms with Crippen molar-refractivity contribution in [1.29, 1.82) is 0 Å². The lowest BCUT2D eigenvalue weighted by Crippen LogP contribution is -2.29. The second-order valence-electron chi connectivity index (χ2n) is 13.2. The fourth-order valence-corrected chi connectivity index (χ4v) is 5.89. The fourth-order valence-electron chi connectivity index (χ4n) is 5.89. The van der Waals surface area contributed by atoms with Gasteiger partial charge in [-0.25, -0.2) is 0 Å². The zero-order chi connectivity index (χ0) is 30.9. The Morgan fingerprint density at radius 1 is 0.500 bits per heavy atom. The van der Waals surface area contributed by atoms with Crippen molar-refractivity contribution in [2.24, 2.45) is 5.92 Å². The summed E-state index contributed by atoms with van der Waals surface area (Å²) in [6.07, 6.45) is 36.0. The number of nitrogens with zero attached hydrogens (tertiary/aromatic N) is 1. The topological polar surface area (TPSA) is 46.6 Å². The summed E-state index contributed by atoms with van der Waals surface area (Å²) in [5, 5.41) is 0. The highest BCUT2D eigenvalue weighted by atomic mass is 16.5. The Labute approximate surface area is 263 Å². The third-order valence-corrected chi connectivity index (χ3v) is 8.98. The molecule has 0 radical (unpaired) electrons. The van der Waals surface area contributed by atoms with Crippen LogP contribution in [0.15, 0.2) is 0 Å². The second-order valence-corrected chi connectivity index (χ2v) is 13.2. The molecule has 0 heterocycles. The Hall–Kier alpha value is -1.06. The van der Waals surface area contributed by atoms with Crippen molar-refractivity contribution >= 4 is 11.9 Å². The van der Waals surface area contributed by atoms with E-state index in [1.165, 1.54) is 161 Å². The summed E-state index contributed by atoms with van der Waals surface area (Å²) in [5.41, 5.74) is 0. The summed E-state index contributed by atoms with van der Waals surface area (Å²) in [6.45, 7) is 7.83. The van der Waals surface area contributed by atoms with Crippen LogP contribution in [-0.2, 0) is 14.3 Å². The van der Waals surface area contributed by atoms with Gasteiger partial charge < -0.3 is 9.64 Å². The lowest BCUT2D eigenvalue weighted by atomic mass is 9.94. The summed E-state index contributed by atoms with van der Waals surface area (Å²) >= 11 is 0. The number of amides is 1. The van der Waals surface area contributed by atoms with Crippen molar-refractivity contribution in [2.75, 3.05) is 20.2 Å². The van der Waals surface area contributed by atoms with Crippen LogP contribution in [0.2, 0.25) is 0 Å². The van der Waals surface area contributed by atoms with Gasteiger partial charge >= 0.3 is 5.97 Å². The number of hydrogen-bond donors (Lipinski definition) is 0. The number of carbonyl (C=O) groups excluding carboxylic acids is 2. The molecule has 0 aromatic rings. The average molecular weight is 594 g/mol. The average Bonchev–Trinajstić information content (AvgIpc) is 2.99. The summed E-state index contributed by atoms with van der Waals surface area (Å²) in [7, 11) is 1.83. The molecule has 0 aliphatic rings. The molecule has 0 aliphatic carbocycles. The SMILES string of the molecule is CCCCCCCCCCCCCC(=O)N(C)CCC(=O)OCC(CCCCCCCC)CCCCCCCCCC. The van der Waals surface area contributed by atoms with Gasteiger partial charge in [-0.3, -0.25) is 9.59 Å². The maximum atomic E-state index is 12.5. The molecule has 0 spiro atoms. The van der Waals surface area contributed by atoms with E-state index in [0.717, 1.165) is 12.8 Å². The Kier molecular flexibility index (Phi) is 32.0. The molecular formula is C38H75NO3. The Balaban J connectivity index is 4.08. The molecule has 0 aromatic carbocycles. The number of unbranched alkanes of at least 4 members (excludes halogenated alkanes) is 22. The van der Waals surface area contributed by atoms with Gasteiger partial charge in [-0.2, -0.15) is 0 Å². The van der Waals surface area contributed by atoms with Crippen LogP contribution in [0.4, 0.5) is 0 Å². The van der Waals surface area contributed by atoms with Gasteiger partial charge in [0.15, 0.2) is 0 Å². The largest absolute Gasteiger partial charge is 0.465 e. The third-order valence-electron chi connectivity index (χ3n) is 8.98. The van der Waals surface area contributed by atoms with Gasteiger partial charge in [0.05, 0.1) is 13.0 Å². The van der Waals surface area contributed by atoms with E-state index in [2.05, 4.69) is 20.8 Å². The molecular weight excluding hydrogens is 518 g/mol. The van der Waals surface area contributed by atoms with Crippen LogP contribution in [0, 0.1) is 5.92 Å². The van der Waals surface area contributed by atoms with Gasteiger partial charge in [0, 0.05) is 20.0 Å². The standard InChI is InChI=1S/C38H75NO3/c1-5-8-11-14-17-19-20-21-23-26-29-32-37(40)39(4)34-33-38(41)42-35-36(30-27-24-16-13-10-7-3)31-28-25-22-18-15-12-9-6-2/h36H,5-35H2,1-4H3. The highest BCUT2D eigenvalue weighted by Gasteiger charge is 2.15. The molecule has 0 aliphatic heterocycles. The van der Waals surface area contributed by atoms with Crippen LogP contribution in [0.25, 0.3) is 0 Å². The van der Waals surface area contributed by atoms with Crippen molar-refractivity contribution < 1.29 is 14.3 Å². The van der Waals surface area contributed by atoms with E-state index in [1.807, 2.05) is 7.05 Å². The first kappa shape index (κ1) is 40.9. The highest BCUT2D eigenvalue weighted by molar-refractivity contribution is 5.77. The molecule has 4 heteroatoms. The number of esters is 1. The predicted molar refractivity (Wildman–Crippen MR) is 183 cm³/mol. The zero-order valence-corrected chi connectivity index (χ0v) is 29.2. The van der Waals surface area contributed by atoms with Gasteiger partial charge in [0.25, 0.3) is 0 Å². The van der Waals surface area contributed by atoms with E-state index in [0.29, 0.717) is 31.9 Å². The molecule has 1 atom stereocenters. The maximum Gasteiger partial charge on any atom is 0.307 e. The number of rotatable bonds is 33. The molecule has 0 bridgehead atoms. The van der Waals surface area contributed by atoms with Crippen LogP contribution in [0.1, 0.15) is 207 Å². The first-order valence-electron chi connectivity index (χ1n) is 18.9. The summed E-state index contributed by atoms with van der Waals surface area (Å²) in [4.78, 5) is 26.8. The zero-order valence-electron chi connectivity index (χ0n) is 29.2. The van der Waals surface area contributed by atoms with Crippen LogP contribution < -0.4 is 0 Å². The Morgan fingerprint density at radius 2 is 0.857 bits per heavy atom. The minimum atomic E-state index is -0.145. The molecule has 250 valence electrons. The minimum Gasteiger partial charge on any atom is -0.465 e. The van der Waals surface area contributed by atoms with Gasteiger partial charge in [0.2, 0.25) is 5.91 Å². The van der Waals surface area contributed by atoms with Crippen LogP contribution in [0.5, 0.6) is 0 Å². The second kappa shape index (κ2) is 32.8. The molecule has 0 N–H and O–H groups in total. The molecule has 4 nitrogen and oxygen atoms in total. The van der Waals surface area contributed by atoms with Gasteiger partial charge in [-0.15, -0.1) is 0 Å². The molecule has 0 aromatic heterocycles. The predicted octanol–water partition coefficient (Wildman–Crippen LogP) is 12.0. The highest BCUT2D eigenvalue weighted by Crippen LogP contribution is 2.20. The summed E-state index contributed by atoms with van der Waals surface area (Å²) in [5.74, 6) is 0.503. The monoisotopic (exact) mass is 594 g/mol. The first-order valence-corrected chi connectivity index (χ1v) is 18.9. The molecule has 0 rings (SSSR count). The summed E-state index contributed by atoms with van der Waals surface area (Å²) in [6, 6.07) is 0. The van der Waals surface area contributed by atoms with E-state index in [4.69, 9.17) is 4.74 Å². The van der Waals surface area contributed by atoms with Crippen molar-refractivity contribution in [1.82, 2.24) is 4.90 Å². The van der Waals surface area contributed by atoms with E-state index in [1.54, 1.807) is 4.90 Å². The minimum absolute atomic E-state index is 0.145. The van der Waals surface area contributed by atoms with Crippen molar-refractivity contribution in [3.05, 3.63) is 0 Å². The summed E-state index contributed by atoms with van der Waals surface area (Å²) < 4.78 is 5.75. The molecule has 1 amide bonds. The molecule has 0 saturated carbocycles. The quantitative estimate of drug-likeness (QED) is 0.0561. The van der Waals surface area contributed by atoms with Crippen molar-refractivity contribution in [3.8, 4) is 0 Å². The van der Waals surface area contributed by atoms with Gasteiger partial charge in [-0.1, -0.05) is 175 Å². The number of hydrogen-bond acceptors (Lipinski definition) is 3. The van der Waals surface area contributed by atoms with Crippen LogP contribution in [0.3, 0.4) is 0 Å². The van der Waals surface area contributed by atoms with Gasteiger partial charge in [-0.05, 0) is 25.2 Å². The first-order chi connectivity index (χ1) is 20.5. The number of ether oxygens (including phenoxy) is 1. The van der Waals surface area contributed by atoms with E-state index in [-0.39, 0.29) is 11.9 Å². The van der Waals surface area contributed by atoms with Crippen LogP contribution in [-0.4, -0.2) is 37.0 Å². The lowest BCUT2D eigenvalue weighted by molar-refractivity contribution is -0.146. The maximum absolute atomic E-state index is 12.5. The lowest BCUT2D eigenvalue weighted by Gasteiger charge is -2.19. The van der Waals surface area contributed by atoms with Crippen molar-refractivity contribution in [2.45, 2.75) is 207 Å².